The fraction of sp³-hybridized carbons (Fsp3) is 0.188. The van der Waals surface area contributed by atoms with Gasteiger partial charge in [-0.15, -0.1) is 0 Å². The van der Waals surface area contributed by atoms with Gasteiger partial charge < -0.3 is 9.47 Å². The molecule has 0 fully saturated rings. The van der Waals surface area contributed by atoms with Crippen LogP contribution in [0.15, 0.2) is 53.4 Å². The second-order valence-electron chi connectivity index (χ2n) is 5.06. The quantitative estimate of drug-likeness (QED) is 0.791. The van der Waals surface area contributed by atoms with Crippen LogP contribution in [0.5, 0.6) is 5.75 Å². The normalized spacial score (nSPS) is 16.9. The predicted molar refractivity (Wildman–Crippen MR) is 83.8 cm³/mol. The summed E-state index contributed by atoms with van der Waals surface area (Å²) in [5.41, 5.74) is 0.237. The first-order valence-corrected chi connectivity index (χ1v) is 8.50. The van der Waals surface area contributed by atoms with Crippen LogP contribution in [-0.2, 0) is 19.6 Å². The predicted octanol–water partition coefficient (Wildman–Crippen LogP) is 1.95. The third-order valence-electron chi connectivity index (χ3n) is 3.60. The van der Waals surface area contributed by atoms with E-state index >= 15 is 0 Å². The summed E-state index contributed by atoms with van der Waals surface area (Å²) in [6, 6.07) is 11.4. The van der Waals surface area contributed by atoms with Crippen molar-refractivity contribution in [1.82, 2.24) is 0 Å². The molecular weight excluding hydrogens is 337 g/mol. The molecule has 0 unspecified atom stereocenters. The molecule has 1 atom stereocenters. The van der Waals surface area contributed by atoms with Gasteiger partial charge in [-0.3, -0.25) is 4.31 Å². The number of carbonyl (C=O) groups is 1. The molecule has 126 valence electrons. The van der Waals surface area contributed by atoms with Crippen molar-refractivity contribution in [3.8, 4) is 5.75 Å². The average Bonchev–Trinajstić information content (AvgIpc) is 2.60. The summed E-state index contributed by atoms with van der Waals surface area (Å²) in [4.78, 5) is 11.3. The van der Waals surface area contributed by atoms with E-state index < -0.39 is 32.8 Å². The van der Waals surface area contributed by atoms with Gasteiger partial charge in [0.05, 0.1) is 19.3 Å². The summed E-state index contributed by atoms with van der Waals surface area (Å²) in [5.74, 6) is -1.37. The Labute approximate surface area is 138 Å². The van der Waals surface area contributed by atoms with E-state index in [1.54, 1.807) is 12.1 Å². The second-order valence-corrected chi connectivity index (χ2v) is 6.89. The monoisotopic (exact) mass is 351 g/mol. The minimum atomic E-state index is -4.21. The number of hydrogen-bond acceptors (Lipinski definition) is 5. The van der Waals surface area contributed by atoms with Crippen LogP contribution < -0.4 is 9.04 Å². The Morgan fingerprint density at radius 2 is 1.88 bits per heavy atom. The molecule has 0 spiro atoms. The maximum atomic E-state index is 14.0. The van der Waals surface area contributed by atoms with Gasteiger partial charge in [0.1, 0.15) is 16.5 Å². The fourth-order valence-electron chi connectivity index (χ4n) is 2.46. The number of benzene rings is 2. The van der Waals surface area contributed by atoms with E-state index in [1.165, 1.54) is 37.4 Å². The van der Waals surface area contributed by atoms with Crippen molar-refractivity contribution in [1.29, 1.82) is 0 Å². The van der Waals surface area contributed by atoms with E-state index in [0.717, 1.165) is 10.4 Å². The van der Waals surface area contributed by atoms with Gasteiger partial charge in [-0.2, -0.15) is 0 Å². The van der Waals surface area contributed by atoms with E-state index in [4.69, 9.17) is 4.74 Å². The number of nitrogens with zero attached hydrogens (tertiary/aromatic N) is 1. The number of sulfonamides is 1. The molecular formula is C16H14FNO5S. The third kappa shape index (κ3) is 2.69. The van der Waals surface area contributed by atoms with E-state index in [2.05, 4.69) is 4.74 Å². The zero-order valence-electron chi connectivity index (χ0n) is 12.7. The Hall–Kier alpha value is -2.61. The van der Waals surface area contributed by atoms with Gasteiger partial charge in [-0.25, -0.2) is 17.6 Å². The summed E-state index contributed by atoms with van der Waals surface area (Å²) in [6.07, 6.45) is -1.13. The largest absolute Gasteiger partial charge is 0.475 e. The van der Waals surface area contributed by atoms with E-state index in [1.807, 2.05) is 0 Å². The Kier molecular flexibility index (Phi) is 4.15. The van der Waals surface area contributed by atoms with Crippen molar-refractivity contribution >= 4 is 21.7 Å². The molecule has 0 N–H and O–H groups in total. The molecule has 1 aliphatic rings. The standard InChI is InChI=1S/C16H14FNO5S/c1-22-16(19)14-10-18(12-7-3-4-8-13(12)23-14)24(20,21)15-9-5-2-6-11(15)17/h2-9,14H,10H2,1H3/t14-/m1/s1. The maximum Gasteiger partial charge on any atom is 0.348 e. The van der Waals surface area contributed by atoms with E-state index in [9.17, 15) is 17.6 Å². The summed E-state index contributed by atoms with van der Waals surface area (Å²) >= 11 is 0. The molecule has 0 amide bonds. The van der Waals surface area contributed by atoms with Crippen LogP contribution in [0.25, 0.3) is 0 Å². The molecule has 0 saturated heterocycles. The first-order valence-electron chi connectivity index (χ1n) is 7.06. The molecule has 1 aliphatic heterocycles. The van der Waals surface area contributed by atoms with Gasteiger partial charge in [0.2, 0.25) is 6.10 Å². The van der Waals surface area contributed by atoms with Crippen LogP contribution in [0.1, 0.15) is 0 Å². The Balaban J connectivity index is 2.12. The lowest BCUT2D eigenvalue weighted by molar-refractivity contribution is -0.148. The lowest BCUT2D eigenvalue weighted by Gasteiger charge is -2.34. The van der Waals surface area contributed by atoms with Crippen molar-refractivity contribution in [2.45, 2.75) is 11.0 Å². The van der Waals surface area contributed by atoms with Crippen LogP contribution >= 0.6 is 0 Å². The van der Waals surface area contributed by atoms with Gasteiger partial charge in [0, 0.05) is 0 Å². The number of ether oxygens (including phenoxy) is 2. The summed E-state index contributed by atoms with van der Waals surface area (Å²) < 4.78 is 50.9. The number of fused-ring (bicyclic) bond motifs is 1. The van der Waals surface area contributed by atoms with Gasteiger partial charge in [0.25, 0.3) is 10.0 Å². The molecule has 3 rings (SSSR count). The molecule has 0 aliphatic carbocycles. The number of carbonyl (C=O) groups excluding carboxylic acids is 1. The zero-order valence-corrected chi connectivity index (χ0v) is 13.5. The van der Waals surface area contributed by atoms with Gasteiger partial charge in [-0.1, -0.05) is 24.3 Å². The van der Waals surface area contributed by atoms with Crippen LogP contribution in [0.2, 0.25) is 0 Å². The maximum absolute atomic E-state index is 14.0. The zero-order chi connectivity index (χ0) is 17.3. The lowest BCUT2D eigenvalue weighted by atomic mass is 10.2. The molecule has 0 saturated carbocycles. The van der Waals surface area contributed by atoms with Crippen LogP contribution in [0.4, 0.5) is 10.1 Å². The highest BCUT2D eigenvalue weighted by molar-refractivity contribution is 7.92. The molecule has 0 aromatic heterocycles. The summed E-state index contributed by atoms with van der Waals surface area (Å²) in [5, 5.41) is 0. The number of halogens is 1. The molecule has 0 bridgehead atoms. The number of hydrogen-bond donors (Lipinski definition) is 0. The van der Waals surface area contributed by atoms with Gasteiger partial charge in [-0.05, 0) is 24.3 Å². The van der Waals surface area contributed by atoms with Crippen molar-refractivity contribution in [2.75, 3.05) is 18.0 Å². The highest BCUT2D eigenvalue weighted by Gasteiger charge is 2.38. The van der Waals surface area contributed by atoms with Crippen molar-refractivity contribution < 1.29 is 27.1 Å². The number of rotatable bonds is 3. The Morgan fingerprint density at radius 1 is 1.21 bits per heavy atom. The van der Waals surface area contributed by atoms with Crippen LogP contribution in [-0.4, -0.2) is 34.1 Å². The van der Waals surface area contributed by atoms with E-state index in [0.29, 0.717) is 0 Å². The average molecular weight is 351 g/mol. The van der Waals surface area contributed by atoms with E-state index in [-0.39, 0.29) is 18.0 Å². The Bertz CT molecular complexity index is 884. The molecule has 2 aromatic carbocycles. The molecule has 2 aromatic rings. The van der Waals surface area contributed by atoms with Gasteiger partial charge in [0.15, 0.2) is 0 Å². The van der Waals surface area contributed by atoms with Crippen molar-refractivity contribution in [2.24, 2.45) is 0 Å². The lowest BCUT2D eigenvalue weighted by Crippen LogP contribution is -2.47. The highest BCUT2D eigenvalue weighted by Crippen LogP contribution is 2.37. The topological polar surface area (TPSA) is 72.9 Å². The molecule has 24 heavy (non-hydrogen) atoms. The number of esters is 1. The third-order valence-corrected chi connectivity index (χ3v) is 5.42. The number of methoxy groups -OCH3 is 1. The fourth-order valence-corrected chi connectivity index (χ4v) is 4.00. The summed E-state index contributed by atoms with van der Waals surface area (Å²) in [7, 11) is -3.03. The second kappa shape index (κ2) is 6.12. The number of anilines is 1. The SMILES string of the molecule is COC(=O)[C@H]1CN(S(=O)(=O)c2ccccc2F)c2ccccc2O1. The smallest absolute Gasteiger partial charge is 0.348 e. The van der Waals surface area contributed by atoms with Gasteiger partial charge >= 0.3 is 5.97 Å². The first-order chi connectivity index (χ1) is 11.4. The highest BCUT2D eigenvalue weighted by atomic mass is 32.2. The summed E-state index contributed by atoms with van der Waals surface area (Å²) in [6.45, 7) is -0.305. The van der Waals surface area contributed by atoms with Crippen molar-refractivity contribution in [3.63, 3.8) is 0 Å². The number of para-hydroxylation sites is 2. The molecule has 1 heterocycles. The Morgan fingerprint density at radius 3 is 2.58 bits per heavy atom. The molecule has 0 radical (unpaired) electrons. The first kappa shape index (κ1) is 16.3. The molecule has 8 heteroatoms. The minimum absolute atomic E-state index is 0.207. The van der Waals surface area contributed by atoms with Crippen LogP contribution in [0.3, 0.4) is 0 Å². The van der Waals surface area contributed by atoms with Crippen molar-refractivity contribution in [3.05, 3.63) is 54.3 Å². The minimum Gasteiger partial charge on any atom is -0.475 e. The van der Waals surface area contributed by atoms with Crippen LogP contribution in [0, 0.1) is 5.82 Å². The molecule has 6 nitrogen and oxygen atoms in total.